The Balaban J connectivity index is 2.49. The SMILES string of the molecule is CCCCCCCCc1ccc(/C(=C/CCCCO)C(=O)O)cc1. The van der Waals surface area contributed by atoms with E-state index in [9.17, 15) is 9.90 Å². The van der Waals surface area contributed by atoms with Gasteiger partial charge in [-0.2, -0.15) is 0 Å². The number of aliphatic hydroxyl groups is 1. The maximum absolute atomic E-state index is 11.4. The van der Waals surface area contributed by atoms with E-state index < -0.39 is 5.97 Å². The van der Waals surface area contributed by atoms with Gasteiger partial charge in [-0.05, 0) is 43.2 Å². The molecule has 0 aliphatic carbocycles. The predicted molar refractivity (Wildman–Crippen MR) is 100 cm³/mol. The molecule has 0 unspecified atom stereocenters. The van der Waals surface area contributed by atoms with Gasteiger partial charge in [0.2, 0.25) is 0 Å². The number of hydrogen-bond acceptors (Lipinski definition) is 2. The molecule has 0 aromatic heterocycles. The number of carbonyl (C=O) groups is 1. The van der Waals surface area contributed by atoms with Crippen LogP contribution in [-0.4, -0.2) is 22.8 Å². The van der Waals surface area contributed by atoms with Crippen LogP contribution in [0.1, 0.15) is 75.8 Å². The summed E-state index contributed by atoms with van der Waals surface area (Å²) < 4.78 is 0. The van der Waals surface area contributed by atoms with Gasteiger partial charge in [-0.15, -0.1) is 0 Å². The van der Waals surface area contributed by atoms with E-state index in [0.717, 1.165) is 18.4 Å². The first-order valence-electron chi connectivity index (χ1n) is 9.32. The van der Waals surface area contributed by atoms with Crippen LogP contribution in [0.25, 0.3) is 5.57 Å². The van der Waals surface area contributed by atoms with Gasteiger partial charge >= 0.3 is 5.97 Å². The molecule has 0 saturated carbocycles. The van der Waals surface area contributed by atoms with Gasteiger partial charge in [-0.1, -0.05) is 69.4 Å². The molecule has 1 rings (SSSR count). The maximum atomic E-state index is 11.4. The maximum Gasteiger partial charge on any atom is 0.335 e. The lowest BCUT2D eigenvalue weighted by Crippen LogP contribution is -2.00. The molecule has 24 heavy (non-hydrogen) atoms. The zero-order valence-electron chi connectivity index (χ0n) is 15.0. The lowest BCUT2D eigenvalue weighted by molar-refractivity contribution is -0.130. The molecule has 0 aliphatic rings. The molecule has 0 saturated heterocycles. The van der Waals surface area contributed by atoms with Gasteiger partial charge in [0, 0.05) is 6.61 Å². The van der Waals surface area contributed by atoms with Crippen LogP contribution >= 0.6 is 0 Å². The van der Waals surface area contributed by atoms with Crippen molar-refractivity contribution in [3.05, 3.63) is 41.5 Å². The summed E-state index contributed by atoms with van der Waals surface area (Å²) in [5.41, 5.74) is 2.40. The number of allylic oxidation sites excluding steroid dienone is 1. The molecule has 0 spiro atoms. The van der Waals surface area contributed by atoms with Gasteiger partial charge in [0.05, 0.1) is 5.57 Å². The summed E-state index contributed by atoms with van der Waals surface area (Å²) in [4.78, 5) is 11.4. The zero-order valence-corrected chi connectivity index (χ0v) is 15.0. The highest BCUT2D eigenvalue weighted by molar-refractivity contribution is 6.15. The number of aryl methyl sites for hydroxylation is 1. The molecule has 0 aliphatic heterocycles. The average molecular weight is 332 g/mol. The summed E-state index contributed by atoms with van der Waals surface area (Å²) in [6.45, 7) is 2.39. The highest BCUT2D eigenvalue weighted by Gasteiger charge is 2.09. The third kappa shape index (κ3) is 8.30. The minimum Gasteiger partial charge on any atom is -0.478 e. The van der Waals surface area contributed by atoms with Crippen LogP contribution < -0.4 is 0 Å². The molecule has 0 atom stereocenters. The van der Waals surface area contributed by atoms with Gasteiger partial charge in [-0.3, -0.25) is 0 Å². The molecule has 3 heteroatoms. The lowest BCUT2D eigenvalue weighted by atomic mass is 9.99. The number of carboxylic acid groups (broad SMARTS) is 1. The van der Waals surface area contributed by atoms with Crippen LogP contribution in [0.4, 0.5) is 0 Å². The molecule has 0 heterocycles. The van der Waals surface area contributed by atoms with E-state index in [1.54, 1.807) is 6.08 Å². The second kappa shape index (κ2) is 12.8. The van der Waals surface area contributed by atoms with E-state index in [0.29, 0.717) is 18.4 Å². The topological polar surface area (TPSA) is 57.5 Å². The highest BCUT2D eigenvalue weighted by Crippen LogP contribution is 2.18. The molecule has 1 aromatic rings. The van der Waals surface area contributed by atoms with Gasteiger partial charge < -0.3 is 10.2 Å². The van der Waals surface area contributed by atoms with Crippen molar-refractivity contribution in [1.29, 1.82) is 0 Å². The van der Waals surface area contributed by atoms with Gasteiger partial charge in [-0.25, -0.2) is 4.79 Å². The van der Waals surface area contributed by atoms with Crippen molar-refractivity contribution in [2.24, 2.45) is 0 Å². The Kier molecular flexibility index (Phi) is 10.9. The molecular formula is C21H32O3. The van der Waals surface area contributed by atoms with E-state index in [1.165, 1.54) is 44.1 Å². The van der Waals surface area contributed by atoms with Gasteiger partial charge in [0.25, 0.3) is 0 Å². The van der Waals surface area contributed by atoms with Crippen LogP contribution in [-0.2, 0) is 11.2 Å². The normalized spacial score (nSPS) is 11.7. The first kappa shape index (κ1) is 20.4. The Morgan fingerprint density at radius 3 is 2.25 bits per heavy atom. The van der Waals surface area contributed by atoms with Crippen LogP contribution in [0, 0.1) is 0 Å². The van der Waals surface area contributed by atoms with Crippen LogP contribution in [0.5, 0.6) is 0 Å². The fourth-order valence-corrected chi connectivity index (χ4v) is 2.79. The Morgan fingerprint density at radius 2 is 1.62 bits per heavy atom. The summed E-state index contributed by atoms with van der Waals surface area (Å²) in [6, 6.07) is 7.93. The predicted octanol–water partition coefficient (Wildman–Crippen LogP) is 5.22. The molecule has 2 N–H and O–H groups in total. The number of aliphatic carboxylic acids is 1. The smallest absolute Gasteiger partial charge is 0.335 e. The molecule has 3 nitrogen and oxygen atoms in total. The van der Waals surface area contributed by atoms with Crippen molar-refractivity contribution in [3.8, 4) is 0 Å². The second-order valence-corrected chi connectivity index (χ2v) is 6.36. The molecule has 0 bridgehead atoms. The lowest BCUT2D eigenvalue weighted by Gasteiger charge is -2.06. The van der Waals surface area contributed by atoms with Gasteiger partial charge in [0.15, 0.2) is 0 Å². The fourth-order valence-electron chi connectivity index (χ4n) is 2.79. The highest BCUT2D eigenvalue weighted by atomic mass is 16.4. The quantitative estimate of drug-likeness (QED) is 0.384. The van der Waals surface area contributed by atoms with Crippen molar-refractivity contribution in [3.63, 3.8) is 0 Å². The number of hydrogen-bond donors (Lipinski definition) is 2. The van der Waals surface area contributed by atoms with Crippen LogP contribution in [0.2, 0.25) is 0 Å². The molecular weight excluding hydrogens is 300 g/mol. The van der Waals surface area contributed by atoms with Crippen LogP contribution in [0.3, 0.4) is 0 Å². The van der Waals surface area contributed by atoms with E-state index in [1.807, 2.05) is 24.3 Å². The number of carboxylic acids is 1. The van der Waals surface area contributed by atoms with E-state index in [-0.39, 0.29) is 6.61 Å². The van der Waals surface area contributed by atoms with Crippen molar-refractivity contribution in [2.45, 2.75) is 71.1 Å². The number of benzene rings is 1. The molecule has 134 valence electrons. The van der Waals surface area contributed by atoms with E-state index in [4.69, 9.17) is 5.11 Å². The van der Waals surface area contributed by atoms with Crippen LogP contribution in [0.15, 0.2) is 30.3 Å². The number of aliphatic hydroxyl groups excluding tert-OH is 1. The summed E-state index contributed by atoms with van der Waals surface area (Å²) >= 11 is 0. The summed E-state index contributed by atoms with van der Waals surface area (Å²) in [5, 5.41) is 18.2. The Bertz CT molecular complexity index is 488. The van der Waals surface area contributed by atoms with Gasteiger partial charge in [0.1, 0.15) is 0 Å². The number of unbranched alkanes of at least 4 members (excludes halogenated alkanes) is 7. The largest absolute Gasteiger partial charge is 0.478 e. The van der Waals surface area contributed by atoms with Crippen molar-refractivity contribution < 1.29 is 15.0 Å². The Morgan fingerprint density at radius 1 is 0.958 bits per heavy atom. The average Bonchev–Trinajstić information content (AvgIpc) is 2.58. The van der Waals surface area contributed by atoms with Crippen molar-refractivity contribution in [1.82, 2.24) is 0 Å². The minimum atomic E-state index is -0.886. The fraction of sp³-hybridized carbons (Fsp3) is 0.571. The summed E-state index contributed by atoms with van der Waals surface area (Å²) in [7, 11) is 0. The third-order valence-electron chi connectivity index (χ3n) is 4.28. The summed E-state index contributed by atoms with van der Waals surface area (Å²) in [5.74, 6) is -0.886. The first-order valence-corrected chi connectivity index (χ1v) is 9.32. The minimum absolute atomic E-state index is 0.156. The second-order valence-electron chi connectivity index (χ2n) is 6.36. The molecule has 0 fully saturated rings. The first-order chi connectivity index (χ1) is 11.7. The standard InChI is InChI=1S/C21H32O3/c1-2-3-4-5-6-8-11-18-13-15-19(16-14-18)20(21(23)24)12-9-7-10-17-22/h12-16,22H,2-11,17H2,1H3,(H,23,24)/b20-12-. The molecule has 0 radical (unpaired) electrons. The molecule has 1 aromatic carbocycles. The summed E-state index contributed by atoms with van der Waals surface area (Å²) in [6.07, 6.45) is 12.8. The Labute approximate surface area is 146 Å². The molecule has 0 amide bonds. The van der Waals surface area contributed by atoms with Crippen molar-refractivity contribution >= 4 is 11.5 Å². The van der Waals surface area contributed by atoms with E-state index in [2.05, 4.69) is 6.92 Å². The zero-order chi connectivity index (χ0) is 17.6. The van der Waals surface area contributed by atoms with Crippen molar-refractivity contribution in [2.75, 3.05) is 6.61 Å². The van der Waals surface area contributed by atoms with E-state index >= 15 is 0 Å². The monoisotopic (exact) mass is 332 g/mol. The third-order valence-corrected chi connectivity index (χ3v) is 4.28. The number of rotatable bonds is 13. The Hall–Kier alpha value is -1.61.